The van der Waals surface area contributed by atoms with Gasteiger partial charge in [0.15, 0.2) is 5.16 Å². The Hall–Kier alpha value is -0.550. The topological polar surface area (TPSA) is 67.6 Å². The predicted octanol–water partition coefficient (Wildman–Crippen LogP) is 1.27. The molecular formula is C8H16N4S. The summed E-state index contributed by atoms with van der Waals surface area (Å²) in [4.78, 5) is 4.01. The highest BCUT2D eigenvalue weighted by Crippen LogP contribution is 2.22. The highest BCUT2D eigenvalue weighted by Gasteiger charge is 2.20. The van der Waals surface area contributed by atoms with Gasteiger partial charge in [0, 0.05) is 11.8 Å². The van der Waals surface area contributed by atoms with Crippen molar-refractivity contribution in [2.45, 2.75) is 32.0 Å². The SMILES string of the molecule is CC(C)(C)C(N)CSc1ncn[nH]1. The Morgan fingerprint density at radius 1 is 1.62 bits per heavy atom. The van der Waals surface area contributed by atoms with Crippen LogP contribution in [0.15, 0.2) is 11.5 Å². The van der Waals surface area contributed by atoms with Crippen molar-refractivity contribution in [3.05, 3.63) is 6.33 Å². The number of H-pyrrole nitrogens is 1. The van der Waals surface area contributed by atoms with Crippen LogP contribution in [0.2, 0.25) is 0 Å². The number of aromatic nitrogens is 3. The quantitative estimate of drug-likeness (QED) is 0.721. The summed E-state index contributed by atoms with van der Waals surface area (Å²) in [5.74, 6) is 0.860. The first-order chi connectivity index (χ1) is 6.00. The molecule has 0 radical (unpaired) electrons. The fraction of sp³-hybridized carbons (Fsp3) is 0.750. The van der Waals surface area contributed by atoms with Gasteiger partial charge in [-0.05, 0) is 5.41 Å². The Morgan fingerprint density at radius 2 is 2.31 bits per heavy atom. The first kappa shape index (κ1) is 10.5. The summed E-state index contributed by atoms with van der Waals surface area (Å²) in [5, 5.41) is 7.39. The molecule has 0 bridgehead atoms. The van der Waals surface area contributed by atoms with E-state index in [4.69, 9.17) is 5.73 Å². The lowest BCUT2D eigenvalue weighted by Crippen LogP contribution is -2.37. The Labute approximate surface area is 82.7 Å². The van der Waals surface area contributed by atoms with Gasteiger partial charge in [-0.25, -0.2) is 4.98 Å². The highest BCUT2D eigenvalue weighted by atomic mass is 32.2. The zero-order valence-electron chi connectivity index (χ0n) is 8.24. The molecule has 0 aliphatic heterocycles. The van der Waals surface area contributed by atoms with Crippen LogP contribution in [0.3, 0.4) is 0 Å². The minimum Gasteiger partial charge on any atom is -0.326 e. The smallest absolute Gasteiger partial charge is 0.183 e. The average molecular weight is 200 g/mol. The van der Waals surface area contributed by atoms with Crippen LogP contribution in [-0.2, 0) is 0 Å². The van der Waals surface area contributed by atoms with Crippen LogP contribution in [0.1, 0.15) is 20.8 Å². The average Bonchev–Trinajstić information content (AvgIpc) is 2.50. The van der Waals surface area contributed by atoms with Crippen molar-refractivity contribution in [1.29, 1.82) is 0 Å². The highest BCUT2D eigenvalue weighted by molar-refractivity contribution is 7.99. The third-order valence-electron chi connectivity index (χ3n) is 1.90. The Balaban J connectivity index is 2.35. The van der Waals surface area contributed by atoms with E-state index in [0.29, 0.717) is 0 Å². The molecular weight excluding hydrogens is 184 g/mol. The van der Waals surface area contributed by atoms with Crippen molar-refractivity contribution in [1.82, 2.24) is 15.2 Å². The summed E-state index contributed by atoms with van der Waals surface area (Å²) in [6, 6.07) is 0.169. The lowest BCUT2D eigenvalue weighted by Gasteiger charge is -2.26. The van der Waals surface area contributed by atoms with Crippen LogP contribution in [0.5, 0.6) is 0 Å². The summed E-state index contributed by atoms with van der Waals surface area (Å²) in [6.45, 7) is 6.41. The maximum atomic E-state index is 5.98. The van der Waals surface area contributed by atoms with Crippen molar-refractivity contribution >= 4 is 11.8 Å². The number of hydrogen-bond donors (Lipinski definition) is 2. The number of nitrogens with zero attached hydrogens (tertiary/aromatic N) is 2. The zero-order chi connectivity index (χ0) is 9.90. The Bertz CT molecular complexity index is 239. The second-order valence-corrected chi connectivity index (χ2v) is 5.08. The van der Waals surface area contributed by atoms with Gasteiger partial charge >= 0.3 is 0 Å². The molecule has 4 nitrogen and oxygen atoms in total. The predicted molar refractivity (Wildman–Crippen MR) is 54.5 cm³/mol. The molecule has 0 aromatic carbocycles. The maximum Gasteiger partial charge on any atom is 0.183 e. The van der Waals surface area contributed by atoms with Crippen LogP contribution in [0, 0.1) is 5.41 Å². The van der Waals surface area contributed by atoms with E-state index < -0.39 is 0 Å². The lowest BCUT2D eigenvalue weighted by molar-refractivity contribution is 0.344. The van der Waals surface area contributed by atoms with Gasteiger partial charge < -0.3 is 5.73 Å². The first-order valence-electron chi connectivity index (χ1n) is 4.24. The van der Waals surface area contributed by atoms with Gasteiger partial charge in [0.1, 0.15) is 6.33 Å². The molecule has 0 saturated carbocycles. The van der Waals surface area contributed by atoms with E-state index in [1.54, 1.807) is 11.8 Å². The molecule has 0 aliphatic rings. The van der Waals surface area contributed by atoms with E-state index in [1.807, 2.05) is 0 Å². The molecule has 0 saturated heterocycles. The number of nitrogens with one attached hydrogen (secondary N) is 1. The van der Waals surface area contributed by atoms with E-state index >= 15 is 0 Å². The molecule has 0 fully saturated rings. The van der Waals surface area contributed by atoms with Gasteiger partial charge in [-0.15, -0.1) is 0 Å². The summed E-state index contributed by atoms with van der Waals surface area (Å²) in [6.07, 6.45) is 1.50. The second kappa shape index (κ2) is 4.11. The van der Waals surface area contributed by atoms with Crippen molar-refractivity contribution in [3.63, 3.8) is 0 Å². The van der Waals surface area contributed by atoms with Gasteiger partial charge in [0.2, 0.25) is 0 Å². The maximum absolute atomic E-state index is 5.98. The fourth-order valence-corrected chi connectivity index (χ4v) is 1.76. The monoisotopic (exact) mass is 200 g/mol. The number of rotatable bonds is 3. The number of aromatic amines is 1. The van der Waals surface area contributed by atoms with Gasteiger partial charge in [0.05, 0.1) is 0 Å². The van der Waals surface area contributed by atoms with Crippen LogP contribution < -0.4 is 5.73 Å². The third kappa shape index (κ3) is 3.36. The van der Waals surface area contributed by atoms with E-state index in [0.717, 1.165) is 10.9 Å². The van der Waals surface area contributed by atoms with E-state index in [1.165, 1.54) is 6.33 Å². The lowest BCUT2D eigenvalue weighted by atomic mass is 9.89. The Kier molecular flexibility index (Phi) is 3.33. The van der Waals surface area contributed by atoms with Gasteiger partial charge in [-0.3, -0.25) is 5.10 Å². The largest absolute Gasteiger partial charge is 0.326 e. The normalized spacial score (nSPS) is 14.5. The number of thioether (sulfide) groups is 1. The van der Waals surface area contributed by atoms with Gasteiger partial charge in [-0.1, -0.05) is 32.5 Å². The zero-order valence-corrected chi connectivity index (χ0v) is 9.06. The van der Waals surface area contributed by atoms with Crippen LogP contribution >= 0.6 is 11.8 Å². The third-order valence-corrected chi connectivity index (χ3v) is 2.90. The minimum absolute atomic E-state index is 0.146. The molecule has 0 spiro atoms. The molecule has 1 atom stereocenters. The van der Waals surface area contributed by atoms with Gasteiger partial charge in [0.25, 0.3) is 0 Å². The van der Waals surface area contributed by atoms with Crippen molar-refractivity contribution in [2.24, 2.45) is 11.1 Å². The molecule has 0 aliphatic carbocycles. The number of nitrogens with two attached hydrogens (primary N) is 1. The molecule has 1 aromatic heterocycles. The summed E-state index contributed by atoms with van der Waals surface area (Å²) < 4.78 is 0. The minimum atomic E-state index is 0.146. The summed E-state index contributed by atoms with van der Waals surface area (Å²) in [7, 11) is 0. The fourth-order valence-electron chi connectivity index (χ4n) is 0.683. The van der Waals surface area contributed by atoms with Crippen molar-refractivity contribution in [3.8, 4) is 0 Å². The number of hydrogen-bond acceptors (Lipinski definition) is 4. The van der Waals surface area contributed by atoms with Crippen LogP contribution in [0.4, 0.5) is 0 Å². The summed E-state index contributed by atoms with van der Waals surface area (Å²) in [5.41, 5.74) is 6.13. The van der Waals surface area contributed by atoms with Crippen molar-refractivity contribution in [2.75, 3.05) is 5.75 Å². The van der Waals surface area contributed by atoms with E-state index in [-0.39, 0.29) is 11.5 Å². The second-order valence-electron chi connectivity index (χ2n) is 4.07. The molecule has 5 heteroatoms. The Morgan fingerprint density at radius 3 is 2.77 bits per heavy atom. The summed E-state index contributed by atoms with van der Waals surface area (Å²) >= 11 is 1.61. The molecule has 0 amide bonds. The standard InChI is InChI=1S/C8H16N4S/c1-8(2,3)6(9)4-13-7-10-5-11-12-7/h5-6H,4,9H2,1-3H3,(H,10,11,12). The molecule has 3 N–H and O–H groups in total. The van der Waals surface area contributed by atoms with E-state index in [2.05, 4.69) is 36.0 Å². The van der Waals surface area contributed by atoms with Crippen LogP contribution in [-0.4, -0.2) is 27.0 Å². The molecule has 74 valence electrons. The molecule has 1 heterocycles. The molecule has 1 unspecified atom stereocenters. The van der Waals surface area contributed by atoms with E-state index in [9.17, 15) is 0 Å². The first-order valence-corrected chi connectivity index (χ1v) is 5.22. The molecule has 1 rings (SSSR count). The molecule has 1 aromatic rings. The van der Waals surface area contributed by atoms with Gasteiger partial charge in [-0.2, -0.15) is 5.10 Å². The molecule has 13 heavy (non-hydrogen) atoms. The van der Waals surface area contributed by atoms with Crippen LogP contribution in [0.25, 0.3) is 0 Å². The van der Waals surface area contributed by atoms with Crippen molar-refractivity contribution < 1.29 is 0 Å².